The summed E-state index contributed by atoms with van der Waals surface area (Å²) in [4.78, 5) is 11.0. The number of hydrogen-bond donors (Lipinski definition) is 2. The Hall–Kier alpha value is -1.91. The van der Waals surface area contributed by atoms with Gasteiger partial charge in [-0.15, -0.1) is 11.8 Å². The van der Waals surface area contributed by atoms with E-state index in [0.717, 1.165) is 5.56 Å². The van der Waals surface area contributed by atoms with Gasteiger partial charge in [-0.25, -0.2) is 0 Å². The van der Waals surface area contributed by atoms with Crippen molar-refractivity contribution in [2.45, 2.75) is 18.3 Å². The number of benzene rings is 1. The number of aliphatic carboxylic acids is 1. The van der Waals surface area contributed by atoms with Gasteiger partial charge in [-0.2, -0.15) is 5.26 Å². The fourth-order valence-corrected chi connectivity index (χ4v) is 3.21. The van der Waals surface area contributed by atoms with Gasteiger partial charge in [0.15, 0.2) is 18.1 Å². The molecule has 0 amide bonds. The van der Waals surface area contributed by atoms with Crippen molar-refractivity contribution < 1.29 is 19.4 Å². The molecule has 0 bridgehead atoms. The van der Waals surface area contributed by atoms with Gasteiger partial charge in [0.05, 0.1) is 12.0 Å². The fraction of sp³-hybridized carbons (Fsp3) is 0.429. The Bertz CT molecular complexity index is 558. The van der Waals surface area contributed by atoms with E-state index >= 15 is 0 Å². The Kier molecular flexibility index (Phi) is 5.31. The zero-order valence-corrected chi connectivity index (χ0v) is 12.4. The second-order valence-corrected chi connectivity index (χ2v) is 5.49. The first-order chi connectivity index (χ1) is 10.2. The van der Waals surface area contributed by atoms with E-state index in [2.05, 4.69) is 5.32 Å². The second kappa shape index (κ2) is 7.20. The molecule has 21 heavy (non-hydrogen) atoms. The van der Waals surface area contributed by atoms with E-state index in [1.54, 1.807) is 17.8 Å². The highest BCUT2D eigenvalue weighted by Crippen LogP contribution is 2.37. The maximum Gasteiger partial charge on any atom is 0.321 e. The largest absolute Gasteiger partial charge is 0.490 e. The van der Waals surface area contributed by atoms with Crippen molar-refractivity contribution >= 4 is 17.7 Å². The number of nitriles is 1. The maximum atomic E-state index is 11.0. The number of nitrogens with zero attached hydrogens (tertiary/aromatic N) is 1. The zero-order chi connectivity index (χ0) is 15.2. The number of thioether (sulfide) groups is 1. The van der Waals surface area contributed by atoms with E-state index in [-0.39, 0.29) is 12.0 Å². The van der Waals surface area contributed by atoms with Crippen LogP contribution in [0, 0.1) is 11.3 Å². The van der Waals surface area contributed by atoms with Gasteiger partial charge in [-0.05, 0) is 24.6 Å². The number of rotatable bonds is 6. The summed E-state index contributed by atoms with van der Waals surface area (Å²) in [5, 5.41) is 20.5. The van der Waals surface area contributed by atoms with E-state index in [4.69, 9.17) is 19.8 Å². The third kappa shape index (κ3) is 3.80. The fourth-order valence-electron chi connectivity index (χ4n) is 1.99. The Morgan fingerprint density at radius 2 is 2.33 bits per heavy atom. The normalized spacial score (nSPS) is 20.8. The number of carboxylic acid groups (broad SMARTS) is 1. The summed E-state index contributed by atoms with van der Waals surface area (Å²) >= 11 is 1.54. The third-order valence-electron chi connectivity index (χ3n) is 2.94. The van der Waals surface area contributed by atoms with Crippen LogP contribution in [0.4, 0.5) is 0 Å². The molecule has 1 aromatic carbocycles. The summed E-state index contributed by atoms with van der Waals surface area (Å²) in [6, 6.07) is 6.80. The molecule has 1 saturated heterocycles. The smallest absolute Gasteiger partial charge is 0.321 e. The summed E-state index contributed by atoms with van der Waals surface area (Å²) in [6.45, 7) is 2.30. The molecule has 1 fully saturated rings. The van der Waals surface area contributed by atoms with Crippen LogP contribution in [0.1, 0.15) is 17.9 Å². The van der Waals surface area contributed by atoms with Gasteiger partial charge in [-0.1, -0.05) is 6.07 Å². The number of carbonyl (C=O) groups is 1. The Labute approximate surface area is 127 Å². The molecule has 1 aliphatic rings. The van der Waals surface area contributed by atoms with Crippen molar-refractivity contribution in [1.29, 1.82) is 5.26 Å². The van der Waals surface area contributed by atoms with Gasteiger partial charge in [-0.3, -0.25) is 10.1 Å². The van der Waals surface area contributed by atoms with Crippen molar-refractivity contribution in [3.63, 3.8) is 0 Å². The van der Waals surface area contributed by atoms with Gasteiger partial charge in [0.1, 0.15) is 12.1 Å². The molecule has 2 atom stereocenters. The number of nitrogens with one attached hydrogen (secondary N) is 1. The lowest BCUT2D eigenvalue weighted by molar-refractivity contribution is -0.138. The summed E-state index contributed by atoms with van der Waals surface area (Å²) in [7, 11) is 0. The molecule has 2 N–H and O–H groups in total. The minimum Gasteiger partial charge on any atom is -0.490 e. The van der Waals surface area contributed by atoms with Crippen LogP contribution in [-0.4, -0.2) is 36.1 Å². The summed E-state index contributed by atoms with van der Waals surface area (Å²) < 4.78 is 10.8. The van der Waals surface area contributed by atoms with Gasteiger partial charge in [0.2, 0.25) is 0 Å². The topological polar surface area (TPSA) is 91.6 Å². The van der Waals surface area contributed by atoms with E-state index in [1.807, 2.05) is 25.1 Å². The third-order valence-corrected chi connectivity index (χ3v) is 4.21. The quantitative estimate of drug-likeness (QED) is 0.827. The number of carboxylic acids is 1. The molecule has 0 unspecified atom stereocenters. The van der Waals surface area contributed by atoms with Crippen LogP contribution in [0.15, 0.2) is 18.2 Å². The molecule has 1 heterocycles. The highest BCUT2D eigenvalue weighted by atomic mass is 32.2. The van der Waals surface area contributed by atoms with Crippen molar-refractivity contribution in [2.24, 2.45) is 0 Å². The van der Waals surface area contributed by atoms with Crippen LogP contribution in [0.25, 0.3) is 0 Å². The minimum atomic E-state index is -0.844. The monoisotopic (exact) mass is 308 g/mol. The lowest BCUT2D eigenvalue weighted by Crippen LogP contribution is -2.33. The first kappa shape index (κ1) is 15.5. The molecule has 0 aromatic heterocycles. The van der Waals surface area contributed by atoms with Crippen molar-refractivity contribution in [3.8, 4) is 17.6 Å². The molecule has 1 aliphatic heterocycles. The molecule has 0 spiro atoms. The Balaban J connectivity index is 2.16. The maximum absolute atomic E-state index is 11.0. The average molecular weight is 308 g/mol. The Morgan fingerprint density at radius 3 is 2.95 bits per heavy atom. The summed E-state index contributed by atoms with van der Waals surface area (Å²) in [6.07, 6.45) is 0. The summed E-state index contributed by atoms with van der Waals surface area (Å²) in [5.74, 6) is 0.756. The van der Waals surface area contributed by atoms with E-state index < -0.39 is 12.0 Å². The molecule has 0 saturated carbocycles. The van der Waals surface area contributed by atoms with Gasteiger partial charge >= 0.3 is 5.97 Å². The highest BCUT2D eigenvalue weighted by Gasteiger charge is 2.30. The molecular formula is C14H16N2O4S. The molecule has 1 aromatic rings. The van der Waals surface area contributed by atoms with Crippen LogP contribution in [0.2, 0.25) is 0 Å². The van der Waals surface area contributed by atoms with Crippen molar-refractivity contribution in [3.05, 3.63) is 23.8 Å². The predicted molar refractivity (Wildman–Crippen MR) is 78.5 cm³/mol. The lowest BCUT2D eigenvalue weighted by atomic mass is 10.2. The SMILES string of the molecule is CCOc1cc([C@H]2N[C@H](C(=O)O)CS2)ccc1OCC#N. The first-order valence-corrected chi connectivity index (χ1v) is 7.57. The number of ether oxygens (including phenoxy) is 2. The van der Waals surface area contributed by atoms with Crippen molar-refractivity contribution in [2.75, 3.05) is 19.0 Å². The highest BCUT2D eigenvalue weighted by molar-refractivity contribution is 7.99. The van der Waals surface area contributed by atoms with Gasteiger partial charge in [0, 0.05) is 5.75 Å². The molecule has 7 heteroatoms. The molecule has 0 aliphatic carbocycles. The van der Waals surface area contributed by atoms with Crippen LogP contribution < -0.4 is 14.8 Å². The average Bonchev–Trinajstić information content (AvgIpc) is 2.96. The van der Waals surface area contributed by atoms with Crippen LogP contribution in [0.3, 0.4) is 0 Å². The predicted octanol–water partition coefficient (Wildman–Crippen LogP) is 1.78. The van der Waals surface area contributed by atoms with Gasteiger partial charge < -0.3 is 14.6 Å². The summed E-state index contributed by atoms with van der Waals surface area (Å²) in [5.41, 5.74) is 0.927. The molecule has 0 radical (unpaired) electrons. The standard InChI is InChI=1S/C14H16N2O4S/c1-2-19-12-7-9(3-4-11(12)20-6-5-15)13-16-10(8-21-13)14(17)18/h3-4,7,10,13,16H,2,6,8H2,1H3,(H,17,18)/t10-,13-/m0/s1. The van der Waals surface area contributed by atoms with E-state index in [1.165, 1.54) is 0 Å². The van der Waals surface area contributed by atoms with Crippen LogP contribution in [0.5, 0.6) is 11.5 Å². The second-order valence-electron chi connectivity index (χ2n) is 4.36. The lowest BCUT2D eigenvalue weighted by Gasteiger charge is -2.15. The van der Waals surface area contributed by atoms with Crippen molar-refractivity contribution in [1.82, 2.24) is 5.32 Å². The van der Waals surface area contributed by atoms with Gasteiger partial charge in [0.25, 0.3) is 0 Å². The first-order valence-electron chi connectivity index (χ1n) is 6.52. The molecule has 2 rings (SSSR count). The van der Waals surface area contributed by atoms with E-state index in [9.17, 15) is 4.79 Å². The van der Waals surface area contributed by atoms with Crippen LogP contribution in [-0.2, 0) is 4.79 Å². The minimum absolute atomic E-state index is 0.0447. The van der Waals surface area contributed by atoms with Crippen LogP contribution >= 0.6 is 11.8 Å². The zero-order valence-electron chi connectivity index (χ0n) is 11.5. The van der Waals surface area contributed by atoms with E-state index in [0.29, 0.717) is 23.9 Å². The molecular weight excluding hydrogens is 292 g/mol. The Morgan fingerprint density at radius 1 is 1.52 bits per heavy atom. The molecule has 6 nitrogen and oxygen atoms in total. The number of hydrogen-bond acceptors (Lipinski definition) is 6. The molecule has 112 valence electrons.